The highest BCUT2D eigenvalue weighted by atomic mass is 16.5. The van der Waals surface area contributed by atoms with Gasteiger partial charge in [-0.25, -0.2) is 0 Å². The number of ether oxygens (including phenoxy) is 1. The van der Waals surface area contributed by atoms with E-state index in [1.54, 1.807) is 6.92 Å². The van der Waals surface area contributed by atoms with Crippen molar-refractivity contribution in [3.05, 3.63) is 0 Å². The molecule has 2 N–H and O–H groups in total. The fourth-order valence-corrected chi connectivity index (χ4v) is 3.79. The van der Waals surface area contributed by atoms with E-state index in [0.29, 0.717) is 11.8 Å². The maximum absolute atomic E-state index is 10.0. The summed E-state index contributed by atoms with van der Waals surface area (Å²) in [5, 5.41) is 20.0. The Balaban J connectivity index is 2.44. The van der Waals surface area contributed by atoms with E-state index in [9.17, 15) is 10.2 Å². The fourth-order valence-electron chi connectivity index (χ4n) is 3.79. The lowest BCUT2D eigenvalue weighted by molar-refractivity contribution is -0.196. The van der Waals surface area contributed by atoms with Gasteiger partial charge in [-0.2, -0.15) is 0 Å². The van der Waals surface area contributed by atoms with Crippen LogP contribution in [0.25, 0.3) is 0 Å². The number of unbranched alkanes of at least 4 members (excludes halogenated alkanes) is 4. The Kier molecular flexibility index (Phi) is 8.84. The molecule has 0 spiro atoms. The van der Waals surface area contributed by atoms with Crippen LogP contribution in [0.2, 0.25) is 0 Å². The van der Waals surface area contributed by atoms with Crippen LogP contribution >= 0.6 is 0 Å². The quantitative estimate of drug-likeness (QED) is 0.446. The third kappa shape index (κ3) is 6.66. The molecule has 3 nitrogen and oxygen atoms in total. The number of aliphatic hydroxyl groups is 2. The number of rotatable bonds is 11. The van der Waals surface area contributed by atoms with Gasteiger partial charge < -0.3 is 14.9 Å². The molecule has 0 saturated heterocycles. The molecule has 0 aliphatic heterocycles. The summed E-state index contributed by atoms with van der Waals surface area (Å²) in [4.78, 5) is 0. The topological polar surface area (TPSA) is 49.7 Å². The zero-order valence-electron chi connectivity index (χ0n) is 14.3. The van der Waals surface area contributed by atoms with Gasteiger partial charge in [-0.05, 0) is 44.4 Å². The third-order valence-electron chi connectivity index (χ3n) is 5.04. The second-order valence-corrected chi connectivity index (χ2v) is 6.98. The minimum absolute atomic E-state index is 0.0126. The van der Waals surface area contributed by atoms with Gasteiger partial charge in [-0.15, -0.1) is 0 Å². The molecule has 21 heavy (non-hydrogen) atoms. The first-order chi connectivity index (χ1) is 10.0. The first kappa shape index (κ1) is 18.9. The molecule has 1 fully saturated rings. The van der Waals surface area contributed by atoms with Gasteiger partial charge in [-0.3, -0.25) is 0 Å². The molecule has 0 amide bonds. The van der Waals surface area contributed by atoms with Gasteiger partial charge in [0.05, 0.1) is 0 Å². The van der Waals surface area contributed by atoms with E-state index >= 15 is 0 Å². The summed E-state index contributed by atoms with van der Waals surface area (Å²) in [7, 11) is 0. The lowest BCUT2D eigenvalue weighted by Crippen LogP contribution is -2.38. The number of hydrogen-bond donors (Lipinski definition) is 2. The fraction of sp³-hybridized carbons (Fsp3) is 1.00. The molecular formula is C18H36O3. The van der Waals surface area contributed by atoms with Crippen molar-refractivity contribution >= 4 is 0 Å². The van der Waals surface area contributed by atoms with Gasteiger partial charge in [-0.1, -0.05) is 46.0 Å². The molecule has 3 unspecified atom stereocenters. The summed E-state index contributed by atoms with van der Waals surface area (Å²) in [5.41, 5.74) is 0. The molecule has 126 valence electrons. The minimum atomic E-state index is -1.53. The highest BCUT2D eigenvalue weighted by Gasteiger charge is 2.44. The molecule has 1 aliphatic carbocycles. The highest BCUT2D eigenvalue weighted by Crippen LogP contribution is 2.44. The first-order valence-electron chi connectivity index (χ1n) is 9.03. The van der Waals surface area contributed by atoms with E-state index in [-0.39, 0.29) is 5.92 Å². The second kappa shape index (κ2) is 9.81. The monoisotopic (exact) mass is 300 g/mol. The van der Waals surface area contributed by atoms with Crippen molar-refractivity contribution in [2.24, 2.45) is 17.8 Å². The summed E-state index contributed by atoms with van der Waals surface area (Å²) < 4.78 is 5.85. The third-order valence-corrected chi connectivity index (χ3v) is 5.04. The van der Waals surface area contributed by atoms with Crippen molar-refractivity contribution in [3.63, 3.8) is 0 Å². The average Bonchev–Trinajstić information content (AvgIpc) is 2.82. The molecule has 3 heteroatoms. The lowest BCUT2D eigenvalue weighted by atomic mass is 9.81. The van der Waals surface area contributed by atoms with Crippen molar-refractivity contribution < 1.29 is 14.9 Å². The predicted molar refractivity (Wildman–Crippen MR) is 87.0 cm³/mol. The molecule has 0 aromatic carbocycles. The van der Waals surface area contributed by atoms with Crippen molar-refractivity contribution in [1.82, 2.24) is 0 Å². The molecule has 3 atom stereocenters. The Labute approximate surface area is 131 Å². The van der Waals surface area contributed by atoms with Crippen LogP contribution in [-0.2, 0) is 4.74 Å². The molecule has 1 rings (SSSR count). The molecule has 0 aromatic heterocycles. The molecule has 0 bridgehead atoms. The summed E-state index contributed by atoms with van der Waals surface area (Å²) >= 11 is 0. The van der Waals surface area contributed by atoms with Crippen LogP contribution in [0.5, 0.6) is 0 Å². The molecule has 0 heterocycles. The van der Waals surface area contributed by atoms with E-state index in [4.69, 9.17) is 4.74 Å². The van der Waals surface area contributed by atoms with Crippen LogP contribution in [0, 0.1) is 17.8 Å². The van der Waals surface area contributed by atoms with Crippen LogP contribution < -0.4 is 0 Å². The number of hydrogen-bond acceptors (Lipinski definition) is 3. The summed E-state index contributed by atoms with van der Waals surface area (Å²) in [6.45, 7) is 7.62. The van der Waals surface area contributed by atoms with Crippen molar-refractivity contribution in [3.8, 4) is 0 Å². The maximum Gasteiger partial charge on any atom is 0.162 e. The van der Waals surface area contributed by atoms with Crippen LogP contribution in [0.3, 0.4) is 0 Å². The zero-order valence-corrected chi connectivity index (χ0v) is 14.3. The molecule has 1 aliphatic rings. The van der Waals surface area contributed by atoms with Crippen molar-refractivity contribution in [2.75, 3.05) is 13.2 Å². The zero-order chi connectivity index (χ0) is 15.7. The van der Waals surface area contributed by atoms with Crippen molar-refractivity contribution in [2.45, 2.75) is 84.3 Å². The van der Waals surface area contributed by atoms with Crippen molar-refractivity contribution in [1.29, 1.82) is 0 Å². The van der Waals surface area contributed by atoms with Crippen LogP contribution in [0.15, 0.2) is 0 Å². The highest BCUT2D eigenvalue weighted by molar-refractivity contribution is 4.90. The Morgan fingerprint density at radius 3 is 2.29 bits per heavy atom. The Morgan fingerprint density at radius 2 is 1.67 bits per heavy atom. The van der Waals surface area contributed by atoms with Crippen LogP contribution in [-0.4, -0.2) is 29.2 Å². The Morgan fingerprint density at radius 1 is 1.00 bits per heavy atom. The second-order valence-electron chi connectivity index (χ2n) is 6.98. The lowest BCUT2D eigenvalue weighted by Gasteiger charge is -2.32. The van der Waals surface area contributed by atoms with E-state index in [1.807, 2.05) is 0 Å². The molecule has 0 aromatic rings. The van der Waals surface area contributed by atoms with Gasteiger partial charge in [0.1, 0.15) is 0 Å². The standard InChI is InChI=1S/C18H36O3/c1-4-6-8-10-16-15(14-21-13-9-7-5-2)11-12-17(16)18(3,19)20/h15-17,19-20H,4-14H2,1-3H3. The average molecular weight is 300 g/mol. The smallest absolute Gasteiger partial charge is 0.162 e. The van der Waals surface area contributed by atoms with Gasteiger partial charge in [0, 0.05) is 19.1 Å². The molecule has 0 radical (unpaired) electrons. The largest absolute Gasteiger partial charge is 0.381 e. The summed E-state index contributed by atoms with van der Waals surface area (Å²) in [6.07, 6.45) is 10.4. The Bertz CT molecular complexity index is 260. The normalized spacial score (nSPS) is 26.4. The van der Waals surface area contributed by atoms with E-state index in [0.717, 1.165) is 38.9 Å². The van der Waals surface area contributed by atoms with E-state index in [1.165, 1.54) is 32.1 Å². The SMILES string of the molecule is CCCCCOCC1CCC(C(C)(O)O)C1CCCCC. The van der Waals surface area contributed by atoms with Gasteiger partial charge in [0.25, 0.3) is 0 Å². The van der Waals surface area contributed by atoms with Crippen LogP contribution in [0.4, 0.5) is 0 Å². The first-order valence-corrected chi connectivity index (χ1v) is 9.03. The van der Waals surface area contributed by atoms with Gasteiger partial charge in [0.2, 0.25) is 0 Å². The van der Waals surface area contributed by atoms with Crippen LogP contribution in [0.1, 0.15) is 78.6 Å². The predicted octanol–water partition coefficient (Wildman–Crippen LogP) is 4.12. The summed E-state index contributed by atoms with van der Waals surface area (Å²) in [6, 6.07) is 0. The Hall–Kier alpha value is -0.120. The van der Waals surface area contributed by atoms with Gasteiger partial charge in [0.15, 0.2) is 5.79 Å². The molecule has 1 saturated carbocycles. The maximum atomic E-state index is 10.0. The molecular weight excluding hydrogens is 264 g/mol. The summed E-state index contributed by atoms with van der Waals surface area (Å²) in [5.74, 6) is -0.609. The minimum Gasteiger partial charge on any atom is -0.381 e. The van der Waals surface area contributed by atoms with Gasteiger partial charge >= 0.3 is 0 Å². The van der Waals surface area contributed by atoms with E-state index in [2.05, 4.69) is 13.8 Å². The van der Waals surface area contributed by atoms with E-state index < -0.39 is 5.79 Å².